The Morgan fingerprint density at radius 1 is 1.28 bits per heavy atom. The first-order valence-electron chi connectivity index (χ1n) is 8.76. The second-order valence-corrected chi connectivity index (χ2v) is 9.17. The molecule has 3 rings (SSSR count). The lowest BCUT2D eigenvalue weighted by molar-refractivity contribution is -0.150. The highest BCUT2D eigenvalue weighted by Gasteiger charge is 2.53. The minimum Gasteiger partial charge on any atom is -0.458 e. The van der Waals surface area contributed by atoms with Gasteiger partial charge in [0.05, 0.1) is 11.6 Å². The van der Waals surface area contributed by atoms with Crippen molar-refractivity contribution in [2.24, 2.45) is 5.92 Å². The van der Waals surface area contributed by atoms with Gasteiger partial charge in [0.15, 0.2) is 0 Å². The van der Waals surface area contributed by atoms with Crippen LogP contribution >= 0.6 is 11.3 Å². The fraction of sp³-hybridized carbons (Fsp3) is 0.722. The minimum atomic E-state index is -0.532. The monoisotopic (exact) mass is 366 g/mol. The van der Waals surface area contributed by atoms with Gasteiger partial charge in [-0.25, -0.2) is 9.78 Å². The van der Waals surface area contributed by atoms with Crippen molar-refractivity contribution < 1.29 is 19.1 Å². The lowest BCUT2D eigenvalue weighted by Crippen LogP contribution is -2.41. The molecule has 1 aromatic rings. The molecule has 0 aliphatic carbocycles. The summed E-state index contributed by atoms with van der Waals surface area (Å²) in [6.45, 7) is 9.73. The van der Waals surface area contributed by atoms with E-state index in [0.717, 1.165) is 28.4 Å². The number of thiazole rings is 1. The second-order valence-electron chi connectivity index (χ2n) is 7.89. The third kappa shape index (κ3) is 3.81. The van der Waals surface area contributed by atoms with E-state index in [9.17, 15) is 9.59 Å². The SMILES string of the molecule is Cc1nc(COC(=O)C2CC3CCC2N3C(=O)OC(C)(C)C)sc1C. The number of amides is 1. The molecule has 1 amide bonds. The van der Waals surface area contributed by atoms with Crippen molar-refractivity contribution in [3.8, 4) is 0 Å². The highest BCUT2D eigenvalue weighted by molar-refractivity contribution is 7.11. The molecule has 0 radical (unpaired) electrons. The molecule has 0 N–H and O–H groups in total. The van der Waals surface area contributed by atoms with Crippen LogP contribution in [0, 0.1) is 19.8 Å². The van der Waals surface area contributed by atoms with E-state index < -0.39 is 5.60 Å². The summed E-state index contributed by atoms with van der Waals surface area (Å²) in [6.07, 6.45) is 2.11. The van der Waals surface area contributed by atoms with Gasteiger partial charge < -0.3 is 14.4 Å². The van der Waals surface area contributed by atoms with Crippen LogP contribution in [0.1, 0.15) is 55.6 Å². The Balaban J connectivity index is 1.60. The van der Waals surface area contributed by atoms with Crippen LogP contribution in [0.5, 0.6) is 0 Å². The van der Waals surface area contributed by atoms with Crippen LogP contribution in [0.15, 0.2) is 0 Å². The van der Waals surface area contributed by atoms with Gasteiger partial charge in [-0.1, -0.05) is 0 Å². The Kier molecular flexibility index (Phi) is 4.79. The van der Waals surface area contributed by atoms with Gasteiger partial charge in [0.1, 0.15) is 17.2 Å². The van der Waals surface area contributed by atoms with Crippen LogP contribution in [0.4, 0.5) is 4.79 Å². The summed E-state index contributed by atoms with van der Waals surface area (Å²) in [7, 11) is 0. The van der Waals surface area contributed by atoms with Crippen LogP contribution in [-0.2, 0) is 20.9 Å². The number of hydrogen-bond acceptors (Lipinski definition) is 6. The molecule has 2 aliphatic heterocycles. The molecular formula is C18H26N2O4S. The van der Waals surface area contributed by atoms with Gasteiger partial charge in [-0.2, -0.15) is 0 Å². The molecule has 3 atom stereocenters. The van der Waals surface area contributed by atoms with Crippen molar-refractivity contribution in [3.05, 3.63) is 15.6 Å². The Labute approximate surface area is 152 Å². The summed E-state index contributed by atoms with van der Waals surface area (Å²) in [5.74, 6) is -0.486. The predicted octanol–water partition coefficient (Wildman–Crippen LogP) is 3.59. The first kappa shape index (κ1) is 18.2. The summed E-state index contributed by atoms with van der Waals surface area (Å²) >= 11 is 1.55. The number of ether oxygens (including phenoxy) is 2. The van der Waals surface area contributed by atoms with E-state index in [1.165, 1.54) is 0 Å². The van der Waals surface area contributed by atoms with Crippen LogP contribution in [0.3, 0.4) is 0 Å². The fourth-order valence-corrected chi connectivity index (χ4v) is 4.53. The largest absolute Gasteiger partial charge is 0.458 e. The quantitative estimate of drug-likeness (QED) is 0.765. The summed E-state index contributed by atoms with van der Waals surface area (Å²) in [6, 6.07) is -0.0196. The van der Waals surface area contributed by atoms with Gasteiger partial charge in [0.2, 0.25) is 0 Å². The molecule has 2 bridgehead atoms. The number of aryl methyl sites for hydroxylation is 2. The van der Waals surface area contributed by atoms with E-state index in [0.29, 0.717) is 6.42 Å². The molecule has 1 aromatic heterocycles. The van der Waals surface area contributed by atoms with E-state index in [4.69, 9.17) is 9.47 Å². The van der Waals surface area contributed by atoms with Crippen molar-refractivity contribution in [2.75, 3.05) is 0 Å². The number of rotatable bonds is 3. The summed E-state index contributed by atoms with van der Waals surface area (Å²) in [4.78, 5) is 32.3. The standard InChI is InChI=1S/C18H26N2O4S/c1-10-11(2)25-15(19-10)9-23-16(21)13-8-12-6-7-14(13)20(12)17(22)24-18(3,4)5/h12-14H,6-9H2,1-5H3. The second kappa shape index (κ2) is 6.59. The van der Waals surface area contributed by atoms with Crippen molar-refractivity contribution in [3.63, 3.8) is 0 Å². The zero-order chi connectivity index (χ0) is 18.4. The molecule has 6 nitrogen and oxygen atoms in total. The highest BCUT2D eigenvalue weighted by Crippen LogP contribution is 2.43. The first-order chi connectivity index (χ1) is 11.7. The maximum Gasteiger partial charge on any atom is 0.410 e. The summed E-state index contributed by atoms with van der Waals surface area (Å²) in [5.41, 5.74) is 0.447. The Bertz CT molecular complexity index is 660. The minimum absolute atomic E-state index is 0.0850. The third-order valence-corrected chi connectivity index (χ3v) is 5.90. The molecule has 2 fully saturated rings. The number of nitrogens with zero attached hydrogens (tertiary/aromatic N) is 2. The Morgan fingerprint density at radius 3 is 2.60 bits per heavy atom. The number of hydrogen-bond donors (Lipinski definition) is 0. The predicted molar refractivity (Wildman–Crippen MR) is 94.4 cm³/mol. The smallest absolute Gasteiger partial charge is 0.410 e. The number of carbonyl (C=O) groups is 2. The molecule has 0 spiro atoms. The maximum absolute atomic E-state index is 12.5. The third-order valence-electron chi connectivity index (χ3n) is 4.85. The molecule has 2 aliphatic rings. The first-order valence-corrected chi connectivity index (χ1v) is 9.58. The summed E-state index contributed by atoms with van der Waals surface area (Å²) in [5, 5.41) is 0.815. The number of carbonyl (C=O) groups excluding carboxylic acids is 2. The molecular weight excluding hydrogens is 340 g/mol. The molecule has 3 heterocycles. The average Bonchev–Trinajstić information content (AvgIpc) is 3.16. The van der Waals surface area contributed by atoms with Crippen LogP contribution < -0.4 is 0 Å². The average molecular weight is 366 g/mol. The zero-order valence-corrected chi connectivity index (χ0v) is 16.3. The molecule has 25 heavy (non-hydrogen) atoms. The molecule has 138 valence electrons. The molecule has 7 heteroatoms. The van der Waals surface area contributed by atoms with Crippen LogP contribution in [0.25, 0.3) is 0 Å². The number of esters is 1. The lowest BCUT2D eigenvalue weighted by Gasteiger charge is -2.28. The van der Waals surface area contributed by atoms with Crippen molar-refractivity contribution in [1.82, 2.24) is 9.88 Å². The van der Waals surface area contributed by atoms with E-state index in [1.54, 1.807) is 16.2 Å². The van der Waals surface area contributed by atoms with Crippen molar-refractivity contribution >= 4 is 23.4 Å². The van der Waals surface area contributed by atoms with Crippen molar-refractivity contribution in [2.45, 2.75) is 78.2 Å². The van der Waals surface area contributed by atoms with Gasteiger partial charge in [-0.15, -0.1) is 11.3 Å². The van der Waals surface area contributed by atoms with E-state index in [-0.39, 0.29) is 36.7 Å². The van der Waals surface area contributed by atoms with E-state index in [1.807, 2.05) is 34.6 Å². The van der Waals surface area contributed by atoms with Gasteiger partial charge in [0, 0.05) is 17.0 Å². The molecule has 3 unspecified atom stereocenters. The van der Waals surface area contributed by atoms with Gasteiger partial charge in [-0.3, -0.25) is 4.79 Å². The van der Waals surface area contributed by atoms with Gasteiger partial charge >= 0.3 is 12.1 Å². The lowest BCUT2D eigenvalue weighted by atomic mass is 9.89. The Morgan fingerprint density at radius 2 is 2.00 bits per heavy atom. The van der Waals surface area contributed by atoms with Gasteiger partial charge in [0.25, 0.3) is 0 Å². The normalized spacial score (nSPS) is 25.3. The van der Waals surface area contributed by atoms with Crippen molar-refractivity contribution in [1.29, 1.82) is 0 Å². The molecule has 0 saturated carbocycles. The number of aromatic nitrogens is 1. The fourth-order valence-electron chi connectivity index (χ4n) is 3.68. The van der Waals surface area contributed by atoms with Crippen LogP contribution in [-0.4, -0.2) is 39.6 Å². The topological polar surface area (TPSA) is 68.7 Å². The number of fused-ring (bicyclic) bond motifs is 2. The zero-order valence-electron chi connectivity index (χ0n) is 15.5. The van der Waals surface area contributed by atoms with E-state index in [2.05, 4.69) is 4.98 Å². The highest BCUT2D eigenvalue weighted by atomic mass is 32.1. The maximum atomic E-state index is 12.5. The summed E-state index contributed by atoms with van der Waals surface area (Å²) < 4.78 is 11.0. The molecule has 0 aromatic carbocycles. The van der Waals surface area contributed by atoms with E-state index >= 15 is 0 Å². The molecule has 2 saturated heterocycles. The van der Waals surface area contributed by atoms with Gasteiger partial charge in [-0.05, 0) is 53.9 Å². The van der Waals surface area contributed by atoms with Crippen LogP contribution in [0.2, 0.25) is 0 Å². The Hall–Kier alpha value is -1.63.